The Morgan fingerprint density at radius 1 is 1.53 bits per heavy atom. The van der Waals surface area contributed by atoms with Gasteiger partial charge in [-0.1, -0.05) is 24.4 Å². The first kappa shape index (κ1) is 11.0. The van der Waals surface area contributed by atoms with Gasteiger partial charge in [-0.05, 0) is 25.8 Å². The largest absolute Gasteiger partial charge is 0.481 e. The molecule has 0 aromatic carbocycles. The molecule has 1 heterocycles. The Kier molecular flexibility index (Phi) is 2.77. The lowest BCUT2D eigenvalue weighted by Crippen LogP contribution is -2.31. The number of hydrogen-bond acceptors (Lipinski definition) is 2. The molecule has 2 nitrogen and oxygen atoms in total. The van der Waals surface area contributed by atoms with E-state index < -0.39 is 11.4 Å². The molecule has 1 fully saturated rings. The van der Waals surface area contributed by atoms with Crippen LogP contribution in [0.3, 0.4) is 0 Å². The molecule has 0 atom stereocenters. The maximum atomic E-state index is 11.4. The number of carbonyl (C=O) groups is 1. The predicted molar refractivity (Wildman–Crippen MR) is 61.8 cm³/mol. The Balaban J connectivity index is 2.45. The van der Waals surface area contributed by atoms with Crippen LogP contribution in [0.4, 0.5) is 0 Å². The number of carboxylic acids is 1. The van der Waals surface area contributed by atoms with Gasteiger partial charge in [0.1, 0.15) is 5.41 Å². The van der Waals surface area contributed by atoms with Crippen LogP contribution in [0.1, 0.15) is 35.4 Å². The second-order valence-corrected chi connectivity index (χ2v) is 5.77. The lowest BCUT2D eigenvalue weighted by atomic mass is 9.85. The smallest absolute Gasteiger partial charge is 0.314 e. The molecule has 1 aliphatic rings. The molecule has 1 aliphatic carbocycles. The van der Waals surface area contributed by atoms with E-state index in [0.29, 0.717) is 5.02 Å². The lowest BCUT2D eigenvalue weighted by molar-refractivity contribution is -0.143. The van der Waals surface area contributed by atoms with E-state index in [0.717, 1.165) is 35.4 Å². The Labute approximate surface area is 97.9 Å². The van der Waals surface area contributed by atoms with E-state index in [1.54, 1.807) is 0 Å². The average molecular weight is 245 g/mol. The van der Waals surface area contributed by atoms with Crippen molar-refractivity contribution in [2.24, 2.45) is 0 Å². The average Bonchev–Trinajstić information content (AvgIpc) is 2.75. The third kappa shape index (κ3) is 1.68. The SMILES string of the molecule is Cc1sc(C2(C(=O)O)CCCC2)cc1Cl. The molecule has 1 saturated carbocycles. The highest BCUT2D eigenvalue weighted by atomic mass is 35.5. The van der Waals surface area contributed by atoms with Crippen molar-refractivity contribution in [1.82, 2.24) is 0 Å². The normalized spacial score (nSPS) is 19.3. The third-order valence-electron chi connectivity index (χ3n) is 3.20. The molecule has 1 aromatic rings. The monoisotopic (exact) mass is 244 g/mol. The van der Waals surface area contributed by atoms with E-state index >= 15 is 0 Å². The number of rotatable bonds is 2. The van der Waals surface area contributed by atoms with Gasteiger partial charge in [-0.15, -0.1) is 11.3 Å². The highest BCUT2D eigenvalue weighted by Gasteiger charge is 2.44. The second kappa shape index (κ2) is 3.80. The Bertz CT molecular complexity index is 372. The minimum absolute atomic E-state index is 0.650. The zero-order chi connectivity index (χ0) is 11.1. The van der Waals surface area contributed by atoms with Crippen molar-refractivity contribution in [1.29, 1.82) is 0 Å². The van der Waals surface area contributed by atoms with Crippen molar-refractivity contribution >= 4 is 28.9 Å². The number of aliphatic carboxylic acids is 1. The topological polar surface area (TPSA) is 37.3 Å². The molecule has 82 valence electrons. The van der Waals surface area contributed by atoms with E-state index in [1.807, 2.05) is 13.0 Å². The molecular weight excluding hydrogens is 232 g/mol. The van der Waals surface area contributed by atoms with Crippen LogP contribution in [-0.4, -0.2) is 11.1 Å². The summed E-state index contributed by atoms with van der Waals surface area (Å²) in [4.78, 5) is 13.3. The van der Waals surface area contributed by atoms with Crippen LogP contribution in [-0.2, 0) is 10.2 Å². The Hall–Kier alpha value is -0.540. The first-order chi connectivity index (χ1) is 7.06. The fourth-order valence-electron chi connectivity index (χ4n) is 2.24. The first-order valence-electron chi connectivity index (χ1n) is 5.06. The molecule has 0 saturated heterocycles. The van der Waals surface area contributed by atoms with Gasteiger partial charge in [0.15, 0.2) is 0 Å². The molecule has 0 unspecified atom stereocenters. The standard InChI is InChI=1S/C11H13ClO2S/c1-7-8(12)6-9(15-7)11(10(13)14)4-2-3-5-11/h6H,2-5H2,1H3,(H,13,14). The van der Waals surface area contributed by atoms with Crippen LogP contribution in [0, 0.1) is 6.92 Å². The number of hydrogen-bond donors (Lipinski definition) is 1. The number of carboxylic acid groups (broad SMARTS) is 1. The van der Waals surface area contributed by atoms with Gasteiger partial charge >= 0.3 is 5.97 Å². The van der Waals surface area contributed by atoms with E-state index in [4.69, 9.17) is 11.6 Å². The quantitative estimate of drug-likeness (QED) is 0.863. The van der Waals surface area contributed by atoms with Crippen molar-refractivity contribution < 1.29 is 9.90 Å². The van der Waals surface area contributed by atoms with Crippen molar-refractivity contribution in [3.05, 3.63) is 20.8 Å². The number of aryl methyl sites for hydroxylation is 1. The number of thiophene rings is 1. The molecular formula is C11H13ClO2S. The first-order valence-corrected chi connectivity index (χ1v) is 6.25. The van der Waals surface area contributed by atoms with E-state index in [1.165, 1.54) is 11.3 Å². The summed E-state index contributed by atoms with van der Waals surface area (Å²) in [6.45, 7) is 1.93. The van der Waals surface area contributed by atoms with E-state index in [-0.39, 0.29) is 0 Å². The summed E-state index contributed by atoms with van der Waals surface area (Å²) in [5.74, 6) is -0.696. The summed E-state index contributed by atoms with van der Waals surface area (Å²) in [5.41, 5.74) is -0.650. The van der Waals surface area contributed by atoms with Crippen molar-refractivity contribution in [2.45, 2.75) is 38.0 Å². The van der Waals surface area contributed by atoms with E-state index in [9.17, 15) is 9.90 Å². The second-order valence-electron chi connectivity index (χ2n) is 4.11. The van der Waals surface area contributed by atoms with Crippen LogP contribution in [0.15, 0.2) is 6.07 Å². The van der Waals surface area contributed by atoms with Gasteiger partial charge in [0.2, 0.25) is 0 Å². The van der Waals surface area contributed by atoms with Gasteiger partial charge in [0.05, 0.1) is 5.02 Å². The molecule has 15 heavy (non-hydrogen) atoms. The molecule has 2 rings (SSSR count). The Morgan fingerprint density at radius 3 is 2.53 bits per heavy atom. The van der Waals surface area contributed by atoms with Gasteiger partial charge in [-0.25, -0.2) is 0 Å². The fraction of sp³-hybridized carbons (Fsp3) is 0.545. The summed E-state index contributed by atoms with van der Waals surface area (Å²) in [7, 11) is 0. The third-order valence-corrected chi connectivity index (χ3v) is 4.95. The zero-order valence-corrected chi connectivity index (χ0v) is 10.1. The van der Waals surface area contributed by atoms with Gasteiger partial charge < -0.3 is 5.11 Å². The van der Waals surface area contributed by atoms with E-state index in [2.05, 4.69) is 0 Å². The summed E-state index contributed by atoms with van der Waals surface area (Å²) in [5, 5.41) is 10.1. The molecule has 4 heteroatoms. The summed E-state index contributed by atoms with van der Waals surface area (Å²) < 4.78 is 0. The Morgan fingerprint density at radius 2 is 2.13 bits per heavy atom. The zero-order valence-electron chi connectivity index (χ0n) is 8.55. The van der Waals surface area contributed by atoms with Crippen LogP contribution in [0.5, 0.6) is 0 Å². The molecule has 0 radical (unpaired) electrons. The van der Waals surface area contributed by atoms with Crippen LogP contribution in [0.2, 0.25) is 5.02 Å². The molecule has 1 N–H and O–H groups in total. The highest BCUT2D eigenvalue weighted by Crippen LogP contribution is 2.45. The maximum Gasteiger partial charge on any atom is 0.314 e. The minimum Gasteiger partial charge on any atom is -0.481 e. The summed E-state index contributed by atoms with van der Waals surface area (Å²) in [6.07, 6.45) is 3.50. The fourth-order valence-corrected chi connectivity index (χ4v) is 3.68. The van der Waals surface area contributed by atoms with Crippen LogP contribution < -0.4 is 0 Å². The summed E-state index contributed by atoms with van der Waals surface area (Å²) >= 11 is 7.52. The van der Waals surface area contributed by atoms with Crippen LogP contribution in [0.25, 0.3) is 0 Å². The lowest BCUT2D eigenvalue weighted by Gasteiger charge is -2.21. The molecule has 1 aromatic heterocycles. The van der Waals surface area contributed by atoms with Crippen LogP contribution >= 0.6 is 22.9 Å². The maximum absolute atomic E-state index is 11.4. The van der Waals surface area contributed by atoms with Crippen molar-refractivity contribution in [3.63, 3.8) is 0 Å². The van der Waals surface area contributed by atoms with Gasteiger partial charge in [0, 0.05) is 9.75 Å². The van der Waals surface area contributed by atoms with Gasteiger partial charge in [0.25, 0.3) is 0 Å². The molecule has 0 amide bonds. The van der Waals surface area contributed by atoms with Gasteiger partial charge in [-0.3, -0.25) is 4.79 Å². The van der Waals surface area contributed by atoms with Crippen molar-refractivity contribution in [2.75, 3.05) is 0 Å². The van der Waals surface area contributed by atoms with Gasteiger partial charge in [-0.2, -0.15) is 0 Å². The molecule has 0 aliphatic heterocycles. The number of halogens is 1. The summed E-state index contributed by atoms with van der Waals surface area (Å²) in [6, 6.07) is 1.83. The van der Waals surface area contributed by atoms with Crippen molar-refractivity contribution in [3.8, 4) is 0 Å². The minimum atomic E-state index is -0.696. The highest BCUT2D eigenvalue weighted by molar-refractivity contribution is 7.12. The molecule has 0 bridgehead atoms. The predicted octanol–water partition coefficient (Wildman–Crippen LogP) is 3.61. The molecule has 0 spiro atoms.